The number of likely N-dealkylation sites (tertiary alicyclic amines) is 1. The van der Waals surface area contributed by atoms with E-state index in [4.69, 9.17) is 0 Å². The molecule has 0 spiro atoms. The molecule has 0 bridgehead atoms. The molecular formula is C17H20BrN3OS. The van der Waals surface area contributed by atoms with Crippen molar-refractivity contribution in [2.75, 3.05) is 18.4 Å². The Labute approximate surface area is 149 Å². The van der Waals surface area contributed by atoms with Gasteiger partial charge in [-0.05, 0) is 38.4 Å². The molecule has 4 nitrogen and oxygen atoms in total. The Morgan fingerprint density at radius 2 is 2.17 bits per heavy atom. The fraction of sp³-hybridized carbons (Fsp3) is 0.412. The molecule has 122 valence electrons. The lowest BCUT2D eigenvalue weighted by atomic mass is 10.0. The van der Waals surface area contributed by atoms with E-state index in [1.54, 1.807) is 0 Å². The van der Waals surface area contributed by atoms with Gasteiger partial charge < -0.3 is 5.32 Å². The summed E-state index contributed by atoms with van der Waals surface area (Å²) in [5.74, 6) is 0.0236. The molecule has 1 unspecified atom stereocenters. The Balaban J connectivity index is 1.60. The first-order chi connectivity index (χ1) is 11.1. The molecule has 2 aromatic rings. The van der Waals surface area contributed by atoms with Crippen molar-refractivity contribution in [3.05, 3.63) is 34.1 Å². The second-order valence-electron chi connectivity index (χ2n) is 5.91. The number of amides is 1. The summed E-state index contributed by atoms with van der Waals surface area (Å²) in [5, 5.41) is 5.57. The molecule has 2 heterocycles. The van der Waals surface area contributed by atoms with Crippen molar-refractivity contribution < 1.29 is 4.79 Å². The topological polar surface area (TPSA) is 45.2 Å². The number of aromatic nitrogens is 1. The van der Waals surface area contributed by atoms with Crippen molar-refractivity contribution in [2.45, 2.75) is 32.2 Å². The molecule has 1 aromatic heterocycles. The Kier molecular flexibility index (Phi) is 5.46. The van der Waals surface area contributed by atoms with E-state index in [9.17, 15) is 4.79 Å². The second-order valence-corrected chi connectivity index (χ2v) is 7.68. The molecule has 1 fully saturated rings. The average molecular weight is 394 g/mol. The van der Waals surface area contributed by atoms with Gasteiger partial charge in [-0.25, -0.2) is 4.98 Å². The van der Waals surface area contributed by atoms with Gasteiger partial charge in [-0.15, -0.1) is 11.3 Å². The number of carbonyl (C=O) groups excluding carboxylic acids is 1. The van der Waals surface area contributed by atoms with Gasteiger partial charge in [-0.3, -0.25) is 9.69 Å². The van der Waals surface area contributed by atoms with Gasteiger partial charge in [0.2, 0.25) is 5.91 Å². The monoisotopic (exact) mass is 393 g/mol. The fourth-order valence-corrected chi connectivity index (χ4v) is 3.82. The van der Waals surface area contributed by atoms with Crippen molar-refractivity contribution in [3.63, 3.8) is 0 Å². The minimum absolute atomic E-state index is 0.0236. The molecule has 1 N–H and O–H groups in total. The van der Waals surface area contributed by atoms with Gasteiger partial charge in [0.05, 0.1) is 12.2 Å². The van der Waals surface area contributed by atoms with E-state index in [0.29, 0.717) is 17.7 Å². The van der Waals surface area contributed by atoms with Gasteiger partial charge >= 0.3 is 0 Å². The van der Waals surface area contributed by atoms with Gasteiger partial charge in [0.25, 0.3) is 0 Å². The van der Waals surface area contributed by atoms with E-state index < -0.39 is 0 Å². The van der Waals surface area contributed by atoms with Crippen molar-refractivity contribution >= 4 is 38.3 Å². The maximum absolute atomic E-state index is 12.2. The van der Waals surface area contributed by atoms with Crippen LogP contribution >= 0.6 is 27.3 Å². The van der Waals surface area contributed by atoms with Crippen LogP contribution in [0.3, 0.4) is 0 Å². The number of hydrogen-bond donors (Lipinski definition) is 1. The molecule has 1 aromatic carbocycles. The second kappa shape index (κ2) is 7.55. The highest BCUT2D eigenvalue weighted by atomic mass is 79.9. The quantitative estimate of drug-likeness (QED) is 0.837. The van der Waals surface area contributed by atoms with Crippen LogP contribution in [0.15, 0.2) is 34.1 Å². The summed E-state index contributed by atoms with van der Waals surface area (Å²) in [6.07, 6.45) is 3.63. The van der Waals surface area contributed by atoms with Crippen LogP contribution in [0.25, 0.3) is 11.3 Å². The largest absolute Gasteiger partial charge is 0.301 e. The Hall–Kier alpha value is -1.24. The summed E-state index contributed by atoms with van der Waals surface area (Å²) in [6.45, 7) is 3.66. The summed E-state index contributed by atoms with van der Waals surface area (Å²) < 4.78 is 1.04. The third kappa shape index (κ3) is 4.40. The molecule has 23 heavy (non-hydrogen) atoms. The number of nitrogens with zero attached hydrogens (tertiary/aromatic N) is 2. The Morgan fingerprint density at radius 1 is 1.39 bits per heavy atom. The molecule has 1 amide bonds. The minimum atomic E-state index is 0.0236. The summed E-state index contributed by atoms with van der Waals surface area (Å²) >= 11 is 4.89. The Morgan fingerprint density at radius 3 is 2.91 bits per heavy atom. The summed E-state index contributed by atoms with van der Waals surface area (Å²) in [7, 11) is 0. The van der Waals surface area contributed by atoms with Crippen LogP contribution in [0.1, 0.15) is 26.2 Å². The maximum Gasteiger partial charge on any atom is 0.240 e. The van der Waals surface area contributed by atoms with Crippen molar-refractivity contribution in [1.82, 2.24) is 9.88 Å². The zero-order valence-electron chi connectivity index (χ0n) is 13.1. The van der Waals surface area contributed by atoms with Crippen molar-refractivity contribution in [3.8, 4) is 11.3 Å². The first-order valence-electron chi connectivity index (χ1n) is 7.87. The number of carbonyl (C=O) groups is 1. The molecule has 0 aliphatic carbocycles. The predicted octanol–water partition coefficient (Wildman–Crippen LogP) is 4.39. The predicted molar refractivity (Wildman–Crippen MR) is 98.8 cm³/mol. The highest BCUT2D eigenvalue weighted by Crippen LogP contribution is 2.26. The maximum atomic E-state index is 12.2. The average Bonchev–Trinajstić information content (AvgIpc) is 2.98. The van der Waals surface area contributed by atoms with E-state index in [1.807, 2.05) is 29.6 Å². The SMILES string of the molecule is CC1CCCCN1CC(=O)Nc1nc(-c2ccc(Br)cc2)cs1. The number of thiazole rings is 1. The van der Waals surface area contributed by atoms with Gasteiger partial charge in [0.1, 0.15) is 0 Å². The van der Waals surface area contributed by atoms with Crippen LogP contribution in [0, 0.1) is 0 Å². The molecule has 0 saturated carbocycles. The van der Waals surface area contributed by atoms with Crippen LogP contribution in [-0.2, 0) is 4.79 Å². The van der Waals surface area contributed by atoms with Crippen LogP contribution in [-0.4, -0.2) is 34.9 Å². The normalized spacial score (nSPS) is 18.8. The van der Waals surface area contributed by atoms with Gasteiger partial charge in [-0.2, -0.15) is 0 Å². The molecule has 1 aliphatic heterocycles. The lowest BCUT2D eigenvalue weighted by Crippen LogP contribution is -2.42. The molecule has 3 rings (SSSR count). The molecular weight excluding hydrogens is 374 g/mol. The number of nitrogens with one attached hydrogen (secondary N) is 1. The van der Waals surface area contributed by atoms with Crippen molar-refractivity contribution in [2.24, 2.45) is 0 Å². The van der Waals surface area contributed by atoms with E-state index in [2.05, 4.69) is 38.1 Å². The third-order valence-electron chi connectivity index (χ3n) is 4.18. The van der Waals surface area contributed by atoms with E-state index in [0.717, 1.165) is 22.3 Å². The van der Waals surface area contributed by atoms with Crippen LogP contribution < -0.4 is 5.32 Å². The number of hydrogen-bond acceptors (Lipinski definition) is 4. The molecule has 1 saturated heterocycles. The van der Waals surface area contributed by atoms with E-state index in [-0.39, 0.29) is 5.91 Å². The van der Waals surface area contributed by atoms with Crippen LogP contribution in [0.4, 0.5) is 5.13 Å². The number of piperidine rings is 1. The summed E-state index contributed by atoms with van der Waals surface area (Å²) in [4.78, 5) is 19.0. The lowest BCUT2D eigenvalue weighted by Gasteiger charge is -2.32. The van der Waals surface area contributed by atoms with Gasteiger partial charge in [0, 0.05) is 21.5 Å². The van der Waals surface area contributed by atoms with Gasteiger partial charge in [-0.1, -0.05) is 34.5 Å². The zero-order valence-corrected chi connectivity index (χ0v) is 15.5. The highest BCUT2D eigenvalue weighted by molar-refractivity contribution is 9.10. The number of anilines is 1. The van der Waals surface area contributed by atoms with Crippen molar-refractivity contribution in [1.29, 1.82) is 0 Å². The Bertz CT molecular complexity index is 671. The third-order valence-corrected chi connectivity index (χ3v) is 5.46. The van der Waals surface area contributed by atoms with Gasteiger partial charge in [0.15, 0.2) is 5.13 Å². The first-order valence-corrected chi connectivity index (χ1v) is 9.54. The molecule has 1 atom stereocenters. The number of rotatable bonds is 4. The first kappa shape index (κ1) is 16.6. The molecule has 0 radical (unpaired) electrons. The molecule has 6 heteroatoms. The van der Waals surface area contributed by atoms with Crippen LogP contribution in [0.5, 0.6) is 0 Å². The standard InChI is InChI=1S/C17H20BrN3OS/c1-12-4-2-3-9-21(12)10-16(22)20-17-19-15(11-23-17)13-5-7-14(18)8-6-13/h5-8,11-12H,2-4,9-10H2,1H3,(H,19,20,22). The van der Waals surface area contributed by atoms with Crippen LogP contribution in [0.2, 0.25) is 0 Å². The lowest BCUT2D eigenvalue weighted by molar-refractivity contribution is -0.118. The molecule has 1 aliphatic rings. The minimum Gasteiger partial charge on any atom is -0.301 e. The smallest absolute Gasteiger partial charge is 0.240 e. The summed E-state index contributed by atoms with van der Waals surface area (Å²) in [5.41, 5.74) is 1.94. The number of benzene rings is 1. The van der Waals surface area contributed by atoms with E-state index in [1.165, 1.54) is 30.6 Å². The highest BCUT2D eigenvalue weighted by Gasteiger charge is 2.20. The fourth-order valence-electron chi connectivity index (χ4n) is 2.82. The van der Waals surface area contributed by atoms with E-state index >= 15 is 0 Å². The summed E-state index contributed by atoms with van der Waals surface area (Å²) in [6, 6.07) is 8.50. The number of halogens is 1. The zero-order chi connectivity index (χ0) is 16.2.